The maximum atomic E-state index is 14.3. The lowest BCUT2D eigenvalue weighted by Gasteiger charge is -2.58. The van der Waals surface area contributed by atoms with Gasteiger partial charge in [-0.05, 0) is 35.4 Å². The van der Waals surface area contributed by atoms with E-state index in [2.05, 4.69) is 0 Å². The van der Waals surface area contributed by atoms with Crippen LogP contribution >= 0.6 is 21.6 Å². The summed E-state index contributed by atoms with van der Waals surface area (Å²) >= 11 is 0. The highest BCUT2D eigenvalue weighted by atomic mass is 33.1. The molecule has 1 spiro atoms. The van der Waals surface area contributed by atoms with Gasteiger partial charge in [-0.3, -0.25) is 9.59 Å². The first-order chi connectivity index (χ1) is 17.8. The van der Waals surface area contributed by atoms with Gasteiger partial charge >= 0.3 is 5.97 Å². The first-order valence-electron chi connectivity index (χ1n) is 11.5. The summed E-state index contributed by atoms with van der Waals surface area (Å²) in [6, 6.07) is 12.4. The second-order valence-electron chi connectivity index (χ2n) is 9.29. The SMILES string of the molecule is CN1C(=O)[C@]23CC4=COC=C[C@H](OC(=O)c5ccc(O)c(O)c5)[C@H]4N2C(=O)[C@@]1(Cc1ccccc1)SS3. The fraction of sp³-hybridized carbons (Fsp3) is 0.269. The number of rotatable bonds is 4. The maximum Gasteiger partial charge on any atom is 0.338 e. The summed E-state index contributed by atoms with van der Waals surface area (Å²) in [6.45, 7) is 0. The summed E-state index contributed by atoms with van der Waals surface area (Å²) in [7, 11) is 4.43. The van der Waals surface area contributed by atoms with Gasteiger partial charge in [-0.1, -0.05) is 51.9 Å². The highest BCUT2D eigenvalue weighted by Crippen LogP contribution is 2.65. The van der Waals surface area contributed by atoms with Crippen molar-refractivity contribution in [3.63, 3.8) is 0 Å². The maximum absolute atomic E-state index is 14.3. The molecule has 0 radical (unpaired) electrons. The first-order valence-corrected chi connectivity index (χ1v) is 13.7. The van der Waals surface area contributed by atoms with Crippen LogP contribution in [0, 0.1) is 0 Å². The number of carbonyl (C=O) groups is 3. The molecule has 0 aromatic heterocycles. The standard InChI is InChI=1S/C26H22N2O7S2/c1-27-23(32)26-13-17-14-34-10-9-20(35-22(31)16-7-8-18(29)19(30)11-16)21(17)28(26)24(33)25(27,36-37-26)12-15-5-3-2-4-6-15/h2-11,14,20-21,29-30H,12-13H2,1H3/t20-,21-,25+,26+/m0/s1. The van der Waals surface area contributed by atoms with Gasteiger partial charge in [-0.25, -0.2) is 4.79 Å². The van der Waals surface area contributed by atoms with Gasteiger partial charge in [0.25, 0.3) is 11.8 Å². The Balaban J connectivity index is 1.38. The normalized spacial score (nSPS) is 29.8. The minimum absolute atomic E-state index is 0.0277. The van der Waals surface area contributed by atoms with Crippen LogP contribution in [0.15, 0.2) is 72.7 Å². The van der Waals surface area contributed by atoms with Crippen molar-refractivity contribution in [1.29, 1.82) is 0 Å². The predicted octanol–water partition coefficient (Wildman–Crippen LogP) is 3.15. The number of amides is 2. The van der Waals surface area contributed by atoms with Gasteiger partial charge in [0.05, 0.1) is 24.1 Å². The van der Waals surface area contributed by atoms with E-state index in [-0.39, 0.29) is 29.5 Å². The molecule has 0 saturated carbocycles. The first kappa shape index (κ1) is 23.8. The van der Waals surface area contributed by atoms with E-state index in [0.29, 0.717) is 12.0 Å². The lowest BCUT2D eigenvalue weighted by Crippen LogP contribution is -2.77. The lowest BCUT2D eigenvalue weighted by atomic mass is 9.97. The molecule has 37 heavy (non-hydrogen) atoms. The van der Waals surface area contributed by atoms with Crippen LogP contribution in [-0.2, 0) is 25.5 Å². The molecule has 4 atom stereocenters. The fourth-order valence-corrected chi connectivity index (χ4v) is 9.05. The zero-order valence-corrected chi connectivity index (χ0v) is 21.2. The Labute approximate surface area is 220 Å². The predicted molar refractivity (Wildman–Crippen MR) is 136 cm³/mol. The van der Waals surface area contributed by atoms with E-state index >= 15 is 0 Å². The van der Waals surface area contributed by atoms with E-state index in [9.17, 15) is 24.6 Å². The van der Waals surface area contributed by atoms with E-state index in [1.807, 2.05) is 30.3 Å². The van der Waals surface area contributed by atoms with Crippen molar-refractivity contribution in [2.75, 3.05) is 7.05 Å². The third-order valence-corrected chi connectivity index (χ3v) is 10.8. The number of fused-ring (bicyclic) bond motifs is 3. The molecule has 0 unspecified atom stereocenters. The molecule has 2 N–H and O–H groups in total. The smallest absolute Gasteiger partial charge is 0.338 e. The van der Waals surface area contributed by atoms with Crippen molar-refractivity contribution in [1.82, 2.24) is 9.80 Å². The number of likely N-dealkylation sites (N-methyl/N-ethyl adjacent to an activating group) is 1. The van der Waals surface area contributed by atoms with Gasteiger partial charge in [-0.15, -0.1) is 0 Å². The van der Waals surface area contributed by atoms with Crippen LogP contribution in [0.1, 0.15) is 22.3 Å². The molecule has 4 saturated heterocycles. The van der Waals surface area contributed by atoms with Gasteiger partial charge in [0, 0.05) is 19.9 Å². The molecule has 2 amide bonds. The number of hydrogen-bond acceptors (Lipinski definition) is 9. The zero-order valence-electron chi connectivity index (χ0n) is 19.6. The Morgan fingerprint density at radius 2 is 1.89 bits per heavy atom. The molecule has 0 aliphatic carbocycles. The molecule has 9 nitrogen and oxygen atoms in total. The molecular weight excluding hydrogens is 516 g/mol. The van der Waals surface area contributed by atoms with Crippen LogP contribution in [0.5, 0.6) is 11.5 Å². The zero-order chi connectivity index (χ0) is 25.9. The van der Waals surface area contributed by atoms with Crippen molar-refractivity contribution in [2.45, 2.75) is 34.7 Å². The van der Waals surface area contributed by atoms with Crippen molar-refractivity contribution in [3.05, 3.63) is 83.8 Å². The fourth-order valence-electron chi connectivity index (χ4n) is 5.28. The highest BCUT2D eigenvalue weighted by molar-refractivity contribution is 8.78. The number of hydrogen-bond donors (Lipinski definition) is 2. The molecule has 2 aromatic carbocycles. The number of esters is 1. The summed E-state index contributed by atoms with van der Waals surface area (Å²) < 4.78 is 11.3. The van der Waals surface area contributed by atoms with Crippen molar-refractivity contribution in [2.24, 2.45) is 0 Å². The van der Waals surface area contributed by atoms with Crippen molar-refractivity contribution >= 4 is 39.4 Å². The number of piperazine rings is 1. The average Bonchev–Trinajstić information content (AvgIpc) is 3.12. The quantitative estimate of drug-likeness (QED) is 0.344. The van der Waals surface area contributed by atoms with Crippen molar-refractivity contribution in [3.8, 4) is 11.5 Å². The Bertz CT molecular complexity index is 1380. The molecule has 5 aliphatic rings. The molecule has 7 rings (SSSR count). The largest absolute Gasteiger partial charge is 0.504 e. The molecule has 11 heteroatoms. The van der Waals surface area contributed by atoms with E-state index in [1.54, 1.807) is 16.8 Å². The Hall–Kier alpha value is -3.57. The van der Waals surface area contributed by atoms with E-state index in [4.69, 9.17) is 9.47 Å². The third-order valence-electron chi connectivity index (χ3n) is 7.16. The lowest BCUT2D eigenvalue weighted by molar-refractivity contribution is -0.166. The Kier molecular flexibility index (Phi) is 5.46. The number of phenols is 2. The molecule has 2 aromatic rings. The molecule has 190 valence electrons. The van der Waals surface area contributed by atoms with Gasteiger partial charge in [-0.2, -0.15) is 0 Å². The Morgan fingerprint density at radius 3 is 2.65 bits per heavy atom. The summed E-state index contributed by atoms with van der Waals surface area (Å²) in [5.41, 5.74) is 1.61. The average molecular weight is 539 g/mol. The van der Waals surface area contributed by atoms with Crippen LogP contribution in [0.25, 0.3) is 0 Å². The number of phenolic OH excluding ortho intramolecular Hbond substituents is 2. The number of benzene rings is 2. The van der Waals surface area contributed by atoms with E-state index < -0.39 is 33.6 Å². The summed E-state index contributed by atoms with van der Waals surface area (Å²) in [4.78, 5) is 41.9. The van der Waals surface area contributed by atoms with Crippen molar-refractivity contribution < 1.29 is 34.1 Å². The van der Waals surface area contributed by atoms with Gasteiger partial charge in [0.2, 0.25) is 0 Å². The van der Waals surface area contributed by atoms with Crippen LogP contribution in [0.2, 0.25) is 0 Å². The molecule has 5 heterocycles. The minimum atomic E-state index is -1.18. The van der Waals surface area contributed by atoms with E-state index in [0.717, 1.165) is 11.6 Å². The van der Waals surface area contributed by atoms with E-state index in [1.165, 1.54) is 52.3 Å². The highest BCUT2D eigenvalue weighted by Gasteiger charge is 2.73. The van der Waals surface area contributed by atoms with Gasteiger partial charge in [0.1, 0.15) is 6.10 Å². The third kappa shape index (κ3) is 3.44. The van der Waals surface area contributed by atoms with Crippen LogP contribution < -0.4 is 0 Å². The minimum Gasteiger partial charge on any atom is -0.504 e. The summed E-state index contributed by atoms with van der Waals surface area (Å²) in [5.74, 6) is -1.99. The van der Waals surface area contributed by atoms with Gasteiger partial charge in [0.15, 0.2) is 21.2 Å². The number of carbonyl (C=O) groups excluding carboxylic acids is 3. The molecule has 4 fully saturated rings. The number of ether oxygens (including phenoxy) is 2. The summed E-state index contributed by atoms with van der Waals surface area (Å²) in [5, 5.41) is 19.4. The number of nitrogens with zero attached hydrogens (tertiary/aromatic N) is 2. The summed E-state index contributed by atoms with van der Waals surface area (Å²) in [6.07, 6.45) is 4.05. The topological polar surface area (TPSA) is 117 Å². The van der Waals surface area contributed by atoms with Crippen LogP contribution in [-0.4, -0.2) is 66.7 Å². The van der Waals surface area contributed by atoms with Crippen LogP contribution in [0.4, 0.5) is 0 Å². The van der Waals surface area contributed by atoms with Crippen LogP contribution in [0.3, 0.4) is 0 Å². The molecule has 5 aliphatic heterocycles. The molecular formula is C26H22N2O7S2. The Morgan fingerprint density at radius 1 is 1.11 bits per heavy atom. The monoisotopic (exact) mass is 538 g/mol. The number of aromatic hydroxyl groups is 2. The van der Waals surface area contributed by atoms with Gasteiger partial charge < -0.3 is 29.5 Å². The second kappa shape index (κ2) is 8.49. The molecule has 2 bridgehead atoms. The second-order valence-corrected chi connectivity index (χ2v) is 12.0.